The van der Waals surface area contributed by atoms with Crippen LogP contribution in [0.5, 0.6) is 0 Å². The molecule has 23 heavy (non-hydrogen) atoms. The van der Waals surface area contributed by atoms with E-state index in [1.54, 1.807) is 11.3 Å². The first-order chi connectivity index (χ1) is 10.4. The third-order valence-electron chi connectivity index (χ3n) is 3.14. The number of hydrogen-bond acceptors (Lipinski definition) is 2. The average molecular weight is 413 g/mol. The van der Waals surface area contributed by atoms with Gasteiger partial charge in [-0.2, -0.15) is 0 Å². The number of nitrogens with zero attached hydrogens (tertiary/aromatic N) is 1. The molecule has 0 saturated carbocycles. The van der Waals surface area contributed by atoms with Crippen LogP contribution in [0.3, 0.4) is 0 Å². The van der Waals surface area contributed by atoms with Crippen LogP contribution < -0.4 is 0 Å². The molecular formula is C19H23BrClNS. The van der Waals surface area contributed by atoms with E-state index in [4.69, 9.17) is 0 Å². The summed E-state index contributed by atoms with van der Waals surface area (Å²) in [5, 5.41) is 3.47. The Morgan fingerprint density at radius 3 is 2.74 bits per heavy atom. The van der Waals surface area contributed by atoms with Crippen molar-refractivity contribution in [1.82, 2.24) is 4.90 Å². The second-order valence-electron chi connectivity index (χ2n) is 6.50. The van der Waals surface area contributed by atoms with Crippen LogP contribution in [-0.4, -0.2) is 18.5 Å². The number of hydrogen-bond donors (Lipinski definition) is 0. The van der Waals surface area contributed by atoms with E-state index >= 15 is 0 Å². The molecule has 0 amide bonds. The minimum Gasteiger partial charge on any atom is -0.298 e. The number of benzene rings is 1. The van der Waals surface area contributed by atoms with Crippen LogP contribution in [0, 0.1) is 17.3 Å². The second kappa shape index (κ2) is 8.89. The normalized spacial score (nSPS) is 11.6. The molecule has 1 nitrogen and oxygen atoms in total. The molecule has 0 unspecified atom stereocenters. The molecule has 1 heterocycles. The second-order valence-corrected chi connectivity index (χ2v) is 8.23. The quantitative estimate of drug-likeness (QED) is 0.546. The molecule has 124 valence electrons. The van der Waals surface area contributed by atoms with Gasteiger partial charge in [-0.3, -0.25) is 4.90 Å². The van der Waals surface area contributed by atoms with Gasteiger partial charge in [0.1, 0.15) is 0 Å². The Morgan fingerprint density at radius 2 is 2.04 bits per heavy atom. The molecule has 1 aromatic heterocycles. The highest BCUT2D eigenvalue weighted by Gasteiger charge is 2.07. The van der Waals surface area contributed by atoms with Crippen molar-refractivity contribution in [3.63, 3.8) is 0 Å². The fourth-order valence-electron chi connectivity index (χ4n) is 2.12. The maximum Gasteiger partial charge on any atom is 0.0399 e. The Bertz CT molecular complexity index is 731. The van der Waals surface area contributed by atoms with Crippen molar-refractivity contribution in [1.29, 1.82) is 0 Å². The summed E-state index contributed by atoms with van der Waals surface area (Å²) in [7, 11) is 2.14. The van der Waals surface area contributed by atoms with Gasteiger partial charge in [-0.05, 0) is 55.4 Å². The number of halogens is 2. The summed E-state index contributed by atoms with van der Waals surface area (Å²) in [5.74, 6) is 6.33. The zero-order valence-electron chi connectivity index (χ0n) is 14.0. The smallest absolute Gasteiger partial charge is 0.0399 e. The van der Waals surface area contributed by atoms with Crippen molar-refractivity contribution in [3.05, 3.63) is 45.8 Å². The number of likely N-dealkylation sites (N-methyl/N-ethyl adjacent to an activating group) is 1. The Balaban J connectivity index is 0.00000264. The predicted octanol–water partition coefficient (Wildman–Crippen LogP) is 6.12. The number of thiophene rings is 1. The van der Waals surface area contributed by atoms with Gasteiger partial charge in [0.25, 0.3) is 0 Å². The van der Waals surface area contributed by atoms with Crippen molar-refractivity contribution in [2.75, 3.05) is 13.6 Å². The summed E-state index contributed by atoms with van der Waals surface area (Å²) in [5.41, 5.74) is 1.45. The maximum absolute atomic E-state index is 3.61. The van der Waals surface area contributed by atoms with E-state index in [1.807, 2.05) is 6.08 Å². The topological polar surface area (TPSA) is 3.24 Å². The lowest BCUT2D eigenvalue weighted by Crippen LogP contribution is -2.17. The van der Waals surface area contributed by atoms with Crippen LogP contribution in [0.1, 0.15) is 26.3 Å². The lowest BCUT2D eigenvalue weighted by molar-refractivity contribution is 0.365. The van der Waals surface area contributed by atoms with E-state index in [0.29, 0.717) is 0 Å². The van der Waals surface area contributed by atoms with Gasteiger partial charge in [0.2, 0.25) is 0 Å². The predicted molar refractivity (Wildman–Crippen MR) is 109 cm³/mol. The van der Waals surface area contributed by atoms with E-state index in [9.17, 15) is 0 Å². The highest BCUT2D eigenvalue weighted by molar-refractivity contribution is 9.10. The van der Waals surface area contributed by atoms with Crippen molar-refractivity contribution >= 4 is 49.8 Å². The molecule has 1 aromatic carbocycles. The molecule has 0 N–H and O–H groups in total. The van der Waals surface area contributed by atoms with Gasteiger partial charge in [0.15, 0.2) is 0 Å². The Morgan fingerprint density at radius 1 is 1.30 bits per heavy atom. The summed E-state index contributed by atoms with van der Waals surface area (Å²) in [6.07, 6.45) is 4.09. The summed E-state index contributed by atoms with van der Waals surface area (Å²) in [6.45, 7) is 8.22. The number of allylic oxidation sites excluding steroid dienone is 1. The maximum atomic E-state index is 3.61. The SMILES string of the molecule is CN(C/C=C/C#CC(C)(C)C)Cc1cccc2c(Br)csc12.Cl. The van der Waals surface area contributed by atoms with E-state index < -0.39 is 0 Å². The van der Waals surface area contributed by atoms with E-state index in [1.165, 1.54) is 20.1 Å². The van der Waals surface area contributed by atoms with Crippen LogP contribution in [0.2, 0.25) is 0 Å². The summed E-state index contributed by atoms with van der Waals surface area (Å²) < 4.78 is 2.56. The van der Waals surface area contributed by atoms with E-state index in [0.717, 1.165) is 13.1 Å². The first-order valence-electron chi connectivity index (χ1n) is 7.37. The molecule has 0 spiro atoms. The van der Waals surface area contributed by atoms with Crippen LogP contribution in [0.25, 0.3) is 10.1 Å². The number of rotatable bonds is 4. The fraction of sp³-hybridized carbons (Fsp3) is 0.368. The van der Waals surface area contributed by atoms with E-state index in [-0.39, 0.29) is 17.8 Å². The summed E-state index contributed by atoms with van der Waals surface area (Å²) in [6, 6.07) is 6.51. The molecule has 0 saturated heterocycles. The summed E-state index contributed by atoms with van der Waals surface area (Å²) >= 11 is 5.42. The molecule has 0 bridgehead atoms. The fourth-order valence-corrected chi connectivity index (χ4v) is 3.80. The van der Waals surface area contributed by atoms with Crippen molar-refractivity contribution in [2.45, 2.75) is 27.3 Å². The largest absolute Gasteiger partial charge is 0.298 e. The van der Waals surface area contributed by atoms with Gasteiger partial charge >= 0.3 is 0 Å². The first-order valence-corrected chi connectivity index (χ1v) is 9.05. The van der Waals surface area contributed by atoms with Crippen LogP contribution in [0.4, 0.5) is 0 Å². The van der Waals surface area contributed by atoms with Gasteiger partial charge in [-0.1, -0.05) is 36.1 Å². The van der Waals surface area contributed by atoms with Gasteiger partial charge in [0, 0.05) is 38.4 Å². The van der Waals surface area contributed by atoms with Crippen molar-refractivity contribution < 1.29 is 0 Å². The molecule has 0 aliphatic carbocycles. The molecule has 0 radical (unpaired) electrons. The van der Waals surface area contributed by atoms with E-state index in [2.05, 4.69) is 90.1 Å². The Kier molecular flexibility index (Phi) is 7.83. The Hall–Kier alpha value is -0.790. The van der Waals surface area contributed by atoms with Gasteiger partial charge in [-0.25, -0.2) is 0 Å². The lowest BCUT2D eigenvalue weighted by atomic mass is 9.98. The standard InChI is InChI=1S/C19H22BrNS.ClH/c1-19(2,3)11-6-5-7-12-21(4)13-15-9-8-10-16-17(20)14-22-18(15)16;/h5,7-10,14H,12-13H2,1-4H3;1H/b7-5+;. The molecule has 4 heteroatoms. The zero-order chi connectivity index (χ0) is 16.2. The van der Waals surface area contributed by atoms with Gasteiger partial charge in [0.05, 0.1) is 0 Å². The lowest BCUT2D eigenvalue weighted by Gasteiger charge is -2.14. The van der Waals surface area contributed by atoms with Gasteiger partial charge < -0.3 is 0 Å². The molecule has 0 aliphatic heterocycles. The molecule has 0 atom stereocenters. The molecule has 2 rings (SSSR count). The third-order valence-corrected chi connectivity index (χ3v) is 5.17. The molecule has 0 fully saturated rings. The zero-order valence-corrected chi connectivity index (χ0v) is 17.2. The van der Waals surface area contributed by atoms with Crippen molar-refractivity contribution in [3.8, 4) is 11.8 Å². The van der Waals surface area contributed by atoms with Crippen molar-refractivity contribution in [2.24, 2.45) is 5.41 Å². The number of fused-ring (bicyclic) bond motifs is 1. The first kappa shape index (κ1) is 20.3. The summed E-state index contributed by atoms with van der Waals surface area (Å²) in [4.78, 5) is 2.30. The molecular weight excluding hydrogens is 390 g/mol. The highest BCUT2D eigenvalue weighted by Crippen LogP contribution is 2.32. The molecule has 0 aliphatic rings. The average Bonchev–Trinajstić information content (AvgIpc) is 2.80. The van der Waals surface area contributed by atoms with Crippen LogP contribution >= 0.6 is 39.7 Å². The minimum atomic E-state index is 0. The molecule has 2 aromatic rings. The van der Waals surface area contributed by atoms with Crippen LogP contribution in [-0.2, 0) is 6.54 Å². The third kappa shape index (κ3) is 6.31. The monoisotopic (exact) mass is 411 g/mol. The highest BCUT2D eigenvalue weighted by atomic mass is 79.9. The minimum absolute atomic E-state index is 0. The van der Waals surface area contributed by atoms with Gasteiger partial charge in [-0.15, -0.1) is 23.7 Å². The van der Waals surface area contributed by atoms with Crippen LogP contribution in [0.15, 0.2) is 40.2 Å². The Labute approximate surface area is 158 Å².